The van der Waals surface area contributed by atoms with Gasteiger partial charge >= 0.3 is 0 Å². The molecular weight excluding hydrogens is 492 g/mol. The second-order valence-corrected chi connectivity index (χ2v) is 9.95. The highest BCUT2D eigenvalue weighted by molar-refractivity contribution is 9.10. The van der Waals surface area contributed by atoms with E-state index in [9.17, 15) is 14.7 Å². The molecule has 162 valence electrons. The lowest BCUT2D eigenvalue weighted by molar-refractivity contribution is -0.117. The Morgan fingerprint density at radius 2 is 1.97 bits per heavy atom. The molecule has 2 heterocycles. The number of nitrogens with one attached hydrogen (secondary N) is 1. The first-order chi connectivity index (χ1) is 15.5. The molecule has 0 spiro atoms. The Morgan fingerprint density at radius 1 is 1.16 bits per heavy atom. The van der Waals surface area contributed by atoms with Crippen molar-refractivity contribution in [3.8, 4) is 5.88 Å². The first-order valence-corrected chi connectivity index (χ1v) is 12.0. The van der Waals surface area contributed by atoms with Gasteiger partial charge in [-0.15, -0.1) is 10.2 Å². The number of aromatic nitrogens is 1. The van der Waals surface area contributed by atoms with Crippen molar-refractivity contribution >= 4 is 61.1 Å². The van der Waals surface area contributed by atoms with Gasteiger partial charge in [0, 0.05) is 21.8 Å². The molecule has 2 aliphatic rings. The zero-order valence-electron chi connectivity index (χ0n) is 17.0. The van der Waals surface area contributed by atoms with E-state index in [1.807, 2.05) is 36.4 Å². The summed E-state index contributed by atoms with van der Waals surface area (Å²) in [6.07, 6.45) is 4.46. The Balaban J connectivity index is 1.28. The molecule has 0 bridgehead atoms. The number of halogens is 1. The van der Waals surface area contributed by atoms with Crippen LogP contribution in [0.15, 0.2) is 56.1 Å². The van der Waals surface area contributed by atoms with Crippen molar-refractivity contribution in [1.29, 1.82) is 0 Å². The number of hydrogen-bond donors (Lipinski definition) is 2. The van der Waals surface area contributed by atoms with Crippen molar-refractivity contribution in [1.82, 2.24) is 4.98 Å². The minimum Gasteiger partial charge on any atom is -0.493 e. The molecule has 1 aromatic heterocycles. The number of H-pyrrole nitrogens is 1. The molecule has 5 rings (SSSR count). The van der Waals surface area contributed by atoms with Crippen molar-refractivity contribution < 1.29 is 14.7 Å². The Bertz CT molecular complexity index is 1310. The minimum atomic E-state index is -0.613. The second kappa shape index (κ2) is 8.63. The van der Waals surface area contributed by atoms with Gasteiger partial charge in [0.15, 0.2) is 11.5 Å². The van der Waals surface area contributed by atoms with Crippen LogP contribution in [0.2, 0.25) is 0 Å². The van der Waals surface area contributed by atoms with Crippen LogP contribution in [-0.4, -0.2) is 32.2 Å². The number of carbonyl (C=O) groups is 2. The molecular formula is C23H19BrN4O3S. The monoisotopic (exact) mass is 510 g/mol. The van der Waals surface area contributed by atoms with E-state index >= 15 is 0 Å². The van der Waals surface area contributed by atoms with Gasteiger partial charge < -0.3 is 10.1 Å². The second-order valence-electron chi connectivity index (χ2n) is 7.87. The van der Waals surface area contributed by atoms with Crippen LogP contribution in [0, 0.1) is 0 Å². The normalized spacial score (nSPS) is 18.3. The summed E-state index contributed by atoms with van der Waals surface area (Å²) in [5, 5.41) is 18.6. The number of amides is 1. The van der Waals surface area contributed by atoms with Gasteiger partial charge in [-0.05, 0) is 61.1 Å². The summed E-state index contributed by atoms with van der Waals surface area (Å²) in [5.41, 5.74) is 4.18. The maximum atomic E-state index is 12.8. The molecule has 1 atom stereocenters. The number of rotatable bonds is 4. The van der Waals surface area contributed by atoms with Crippen LogP contribution in [0.25, 0.3) is 10.9 Å². The van der Waals surface area contributed by atoms with Crippen molar-refractivity contribution in [2.75, 3.05) is 0 Å². The summed E-state index contributed by atoms with van der Waals surface area (Å²) in [6.45, 7) is 0. The average Bonchev–Trinajstić information content (AvgIpc) is 3.29. The number of thioether (sulfide) groups is 1. The molecule has 1 aliphatic heterocycles. The number of amidine groups is 1. The third-order valence-electron chi connectivity index (χ3n) is 5.72. The zero-order valence-corrected chi connectivity index (χ0v) is 19.4. The largest absolute Gasteiger partial charge is 0.493 e. The van der Waals surface area contributed by atoms with Crippen LogP contribution in [0.3, 0.4) is 0 Å². The Hall–Kier alpha value is -2.78. The van der Waals surface area contributed by atoms with Gasteiger partial charge in [-0.2, -0.15) is 4.99 Å². The number of aromatic hydroxyl groups is 1. The van der Waals surface area contributed by atoms with Gasteiger partial charge in [0.2, 0.25) is 11.0 Å². The third-order valence-corrected chi connectivity index (χ3v) is 7.25. The van der Waals surface area contributed by atoms with Crippen molar-refractivity contribution in [2.45, 2.75) is 37.4 Å². The van der Waals surface area contributed by atoms with E-state index < -0.39 is 5.25 Å². The van der Waals surface area contributed by atoms with E-state index in [0.29, 0.717) is 16.5 Å². The average molecular weight is 511 g/mol. The standard InChI is InChI=1S/C23H19BrN4O3S/c24-15-7-8-17-16(10-15)20(22(31)25-17)27-28-23-26-21(30)19(32-23)11-18(29)14-6-5-12-3-1-2-4-13(12)9-14/h5-10,19,25,31H,1-4,11H2. The topological polar surface area (TPSA) is 107 Å². The maximum absolute atomic E-state index is 12.8. The van der Waals surface area contributed by atoms with E-state index in [2.05, 4.69) is 36.1 Å². The number of azo groups is 1. The zero-order chi connectivity index (χ0) is 22.2. The van der Waals surface area contributed by atoms with Crippen LogP contribution in [-0.2, 0) is 17.6 Å². The van der Waals surface area contributed by atoms with E-state index in [4.69, 9.17) is 0 Å². The molecule has 0 radical (unpaired) electrons. The first kappa shape index (κ1) is 21.1. The molecule has 2 N–H and O–H groups in total. The molecule has 1 amide bonds. The fraction of sp³-hybridized carbons (Fsp3) is 0.261. The molecule has 0 fully saturated rings. The lowest BCUT2D eigenvalue weighted by Crippen LogP contribution is -2.16. The van der Waals surface area contributed by atoms with Gasteiger partial charge in [0.25, 0.3) is 5.91 Å². The van der Waals surface area contributed by atoms with E-state index in [0.717, 1.165) is 35.5 Å². The summed E-state index contributed by atoms with van der Waals surface area (Å²) >= 11 is 4.52. The highest BCUT2D eigenvalue weighted by atomic mass is 79.9. The molecule has 9 heteroatoms. The highest BCUT2D eigenvalue weighted by Gasteiger charge is 2.31. The van der Waals surface area contributed by atoms with Crippen LogP contribution < -0.4 is 0 Å². The SMILES string of the molecule is O=C(CC1SC(N=Nc2c(O)[nH]c3ccc(Br)cc23)=NC1=O)c1ccc2c(c1)CCCC2. The number of nitrogens with zero attached hydrogens (tertiary/aromatic N) is 3. The fourth-order valence-electron chi connectivity index (χ4n) is 4.07. The number of fused-ring (bicyclic) bond motifs is 2. The molecule has 7 nitrogen and oxygen atoms in total. The number of Topliss-reactive ketones (excluding diaryl/α,β-unsaturated/α-hetero) is 1. The van der Waals surface area contributed by atoms with Gasteiger partial charge in [0.05, 0.1) is 5.52 Å². The third kappa shape index (κ3) is 4.14. The quantitative estimate of drug-likeness (QED) is 0.338. The number of benzene rings is 2. The minimum absolute atomic E-state index is 0.0656. The molecule has 0 saturated carbocycles. The van der Waals surface area contributed by atoms with Crippen LogP contribution >= 0.6 is 27.7 Å². The van der Waals surface area contributed by atoms with Crippen LogP contribution in [0.5, 0.6) is 5.88 Å². The Kier molecular flexibility index (Phi) is 5.69. The van der Waals surface area contributed by atoms with Gasteiger partial charge in [-0.1, -0.05) is 39.8 Å². The van der Waals surface area contributed by atoms with Crippen molar-refractivity contribution in [3.05, 3.63) is 57.6 Å². The number of hydrogen-bond acceptors (Lipinski definition) is 6. The van der Waals surface area contributed by atoms with Gasteiger partial charge in [-0.25, -0.2) is 0 Å². The summed E-state index contributed by atoms with van der Waals surface area (Å²) in [4.78, 5) is 31.9. The number of aromatic amines is 1. The summed E-state index contributed by atoms with van der Waals surface area (Å²) in [5.74, 6) is -0.575. The molecule has 3 aromatic rings. The molecule has 2 aromatic carbocycles. The van der Waals surface area contributed by atoms with E-state index in [1.54, 1.807) is 0 Å². The lowest BCUT2D eigenvalue weighted by atomic mass is 9.89. The Labute approximate surface area is 196 Å². The Morgan fingerprint density at radius 3 is 2.81 bits per heavy atom. The lowest BCUT2D eigenvalue weighted by Gasteiger charge is -2.16. The molecule has 1 aliphatic carbocycles. The summed E-state index contributed by atoms with van der Waals surface area (Å²) in [6, 6.07) is 11.3. The molecule has 32 heavy (non-hydrogen) atoms. The number of carbonyl (C=O) groups excluding carboxylic acids is 2. The van der Waals surface area contributed by atoms with Gasteiger partial charge in [-0.3, -0.25) is 9.59 Å². The number of aryl methyl sites for hydroxylation is 2. The number of ketones is 1. The smallest absolute Gasteiger partial charge is 0.262 e. The molecule has 1 unspecified atom stereocenters. The van der Waals surface area contributed by atoms with Gasteiger partial charge in [0.1, 0.15) is 5.25 Å². The predicted octanol–water partition coefficient (Wildman–Crippen LogP) is 5.87. The summed E-state index contributed by atoms with van der Waals surface area (Å²) in [7, 11) is 0. The van der Waals surface area contributed by atoms with Crippen molar-refractivity contribution in [3.63, 3.8) is 0 Å². The fourth-order valence-corrected chi connectivity index (χ4v) is 5.30. The highest BCUT2D eigenvalue weighted by Crippen LogP contribution is 2.37. The van der Waals surface area contributed by atoms with E-state index in [-0.39, 0.29) is 34.8 Å². The molecule has 0 saturated heterocycles. The van der Waals surface area contributed by atoms with Crippen LogP contribution in [0.4, 0.5) is 5.69 Å². The first-order valence-electron chi connectivity index (χ1n) is 10.3. The summed E-state index contributed by atoms with van der Waals surface area (Å²) < 4.78 is 0.837. The number of aliphatic imine (C=N–C) groups is 1. The maximum Gasteiger partial charge on any atom is 0.262 e. The van der Waals surface area contributed by atoms with Crippen molar-refractivity contribution in [2.24, 2.45) is 15.2 Å². The van der Waals surface area contributed by atoms with Crippen LogP contribution in [0.1, 0.15) is 40.7 Å². The predicted molar refractivity (Wildman–Crippen MR) is 128 cm³/mol. The van der Waals surface area contributed by atoms with E-state index in [1.165, 1.54) is 17.5 Å².